The minimum atomic E-state index is -0.408. The average molecular weight is 278 g/mol. The van der Waals surface area contributed by atoms with E-state index in [0.717, 1.165) is 5.56 Å². The van der Waals surface area contributed by atoms with E-state index in [2.05, 4.69) is 0 Å². The quantitative estimate of drug-likeness (QED) is 0.789. The molecule has 2 aromatic carbocycles. The van der Waals surface area contributed by atoms with E-state index >= 15 is 0 Å². The molecule has 0 aliphatic heterocycles. The van der Waals surface area contributed by atoms with Crippen molar-refractivity contribution in [1.82, 2.24) is 0 Å². The van der Waals surface area contributed by atoms with Crippen molar-refractivity contribution >= 4 is 23.6 Å². The van der Waals surface area contributed by atoms with E-state index in [4.69, 9.17) is 11.6 Å². The van der Waals surface area contributed by atoms with Gasteiger partial charge in [-0.25, -0.2) is 4.39 Å². The highest BCUT2D eigenvalue weighted by Crippen LogP contribution is 2.24. The molecular formula is C15H13ClFNO. The highest BCUT2D eigenvalue weighted by Gasteiger charge is 2.12. The summed E-state index contributed by atoms with van der Waals surface area (Å²) in [5.41, 5.74) is 1.59. The molecule has 0 bridgehead atoms. The average Bonchev–Trinajstić information content (AvgIpc) is 2.38. The zero-order valence-electron chi connectivity index (χ0n) is 10.4. The lowest BCUT2D eigenvalue weighted by atomic mass is 10.1. The van der Waals surface area contributed by atoms with Crippen LogP contribution in [-0.2, 0) is 6.54 Å². The fourth-order valence-corrected chi connectivity index (χ4v) is 2.23. The lowest BCUT2D eigenvalue weighted by Gasteiger charge is -2.21. The van der Waals surface area contributed by atoms with E-state index < -0.39 is 5.82 Å². The first-order valence-electron chi connectivity index (χ1n) is 5.81. The van der Waals surface area contributed by atoms with Crippen LogP contribution in [0, 0.1) is 5.82 Å². The molecule has 0 radical (unpaired) electrons. The van der Waals surface area contributed by atoms with Crippen LogP contribution in [-0.4, -0.2) is 13.3 Å². The number of aldehydes is 1. The number of halogens is 2. The van der Waals surface area contributed by atoms with Gasteiger partial charge >= 0.3 is 0 Å². The van der Waals surface area contributed by atoms with E-state index in [1.807, 2.05) is 18.2 Å². The second kappa shape index (κ2) is 5.85. The minimum absolute atomic E-state index is 0.303. The number of nitrogens with zero attached hydrogens (tertiary/aromatic N) is 1. The summed E-state index contributed by atoms with van der Waals surface area (Å²) in [6.07, 6.45) is 0.660. The van der Waals surface area contributed by atoms with E-state index in [1.54, 1.807) is 24.1 Å². The molecule has 0 aliphatic carbocycles. The molecule has 0 fully saturated rings. The van der Waals surface area contributed by atoms with Gasteiger partial charge in [-0.3, -0.25) is 4.79 Å². The second-order valence-electron chi connectivity index (χ2n) is 4.28. The smallest absolute Gasteiger partial charge is 0.152 e. The van der Waals surface area contributed by atoms with Crippen molar-refractivity contribution in [3.63, 3.8) is 0 Å². The predicted molar refractivity (Wildman–Crippen MR) is 75.3 cm³/mol. The number of rotatable bonds is 4. The zero-order chi connectivity index (χ0) is 13.8. The van der Waals surface area contributed by atoms with E-state index in [9.17, 15) is 9.18 Å². The molecule has 0 atom stereocenters. The molecule has 2 aromatic rings. The summed E-state index contributed by atoms with van der Waals surface area (Å²) in [5, 5.41) is 0.634. The third-order valence-electron chi connectivity index (χ3n) is 2.84. The van der Waals surface area contributed by atoms with Gasteiger partial charge in [0.15, 0.2) is 6.29 Å². The minimum Gasteiger partial charge on any atom is -0.367 e. The van der Waals surface area contributed by atoms with Gasteiger partial charge in [0.05, 0.1) is 5.69 Å². The molecule has 2 nitrogen and oxygen atoms in total. The van der Waals surface area contributed by atoms with Gasteiger partial charge in [0.2, 0.25) is 0 Å². The van der Waals surface area contributed by atoms with Crippen LogP contribution in [0.25, 0.3) is 0 Å². The van der Waals surface area contributed by atoms with Crippen molar-refractivity contribution in [3.8, 4) is 0 Å². The molecule has 0 spiro atoms. The SMILES string of the molecule is CN(Cc1cccc(Cl)c1)c1c(F)cccc1C=O. The summed E-state index contributed by atoms with van der Waals surface area (Å²) in [6, 6.07) is 11.8. The zero-order valence-corrected chi connectivity index (χ0v) is 11.2. The van der Waals surface area contributed by atoms with Crippen molar-refractivity contribution in [3.05, 3.63) is 64.4 Å². The van der Waals surface area contributed by atoms with Gasteiger partial charge in [0.25, 0.3) is 0 Å². The van der Waals surface area contributed by atoms with Crippen LogP contribution in [0.3, 0.4) is 0 Å². The summed E-state index contributed by atoms with van der Waals surface area (Å²) in [4.78, 5) is 12.7. The van der Waals surface area contributed by atoms with Crippen molar-refractivity contribution in [2.75, 3.05) is 11.9 Å². The Morgan fingerprint density at radius 2 is 2.00 bits per heavy atom. The predicted octanol–water partition coefficient (Wildman–Crippen LogP) is 3.93. The highest BCUT2D eigenvalue weighted by molar-refractivity contribution is 6.30. The fraction of sp³-hybridized carbons (Fsp3) is 0.133. The summed E-state index contributed by atoms with van der Waals surface area (Å²) in [7, 11) is 1.74. The Balaban J connectivity index is 2.30. The Morgan fingerprint density at radius 3 is 2.68 bits per heavy atom. The largest absolute Gasteiger partial charge is 0.367 e. The third kappa shape index (κ3) is 3.12. The Morgan fingerprint density at radius 1 is 1.26 bits per heavy atom. The highest BCUT2D eigenvalue weighted by atomic mass is 35.5. The Bertz CT molecular complexity index is 600. The topological polar surface area (TPSA) is 20.3 Å². The first-order chi connectivity index (χ1) is 9.11. The summed E-state index contributed by atoms with van der Waals surface area (Å²) in [6.45, 7) is 0.475. The van der Waals surface area contributed by atoms with Crippen molar-refractivity contribution < 1.29 is 9.18 Å². The summed E-state index contributed by atoms with van der Waals surface area (Å²) in [5.74, 6) is -0.408. The monoisotopic (exact) mass is 277 g/mol. The van der Waals surface area contributed by atoms with Gasteiger partial charge in [0.1, 0.15) is 5.82 Å². The van der Waals surface area contributed by atoms with Crippen molar-refractivity contribution in [2.45, 2.75) is 6.54 Å². The summed E-state index contributed by atoms with van der Waals surface area (Å²) >= 11 is 5.92. The molecule has 98 valence electrons. The van der Waals surface area contributed by atoms with Crippen LogP contribution in [0.5, 0.6) is 0 Å². The molecule has 2 rings (SSSR count). The Labute approximate surface area is 116 Å². The molecule has 0 aromatic heterocycles. The lowest BCUT2D eigenvalue weighted by Crippen LogP contribution is -2.19. The van der Waals surface area contributed by atoms with E-state index in [-0.39, 0.29) is 0 Å². The van der Waals surface area contributed by atoms with Crippen LogP contribution in [0.1, 0.15) is 15.9 Å². The number of hydrogen-bond acceptors (Lipinski definition) is 2. The second-order valence-corrected chi connectivity index (χ2v) is 4.72. The Hall–Kier alpha value is -1.87. The van der Waals surface area contributed by atoms with Gasteiger partial charge in [-0.05, 0) is 29.8 Å². The van der Waals surface area contributed by atoms with Crippen molar-refractivity contribution in [2.24, 2.45) is 0 Å². The van der Waals surface area contributed by atoms with Crippen LogP contribution < -0.4 is 4.90 Å². The van der Waals surface area contributed by atoms with Gasteiger partial charge in [-0.15, -0.1) is 0 Å². The number of carbonyl (C=O) groups excluding carboxylic acids is 1. The number of benzene rings is 2. The summed E-state index contributed by atoms with van der Waals surface area (Å²) < 4.78 is 13.8. The van der Waals surface area contributed by atoms with Gasteiger partial charge in [-0.1, -0.05) is 29.8 Å². The van der Waals surface area contributed by atoms with Gasteiger partial charge in [-0.2, -0.15) is 0 Å². The van der Waals surface area contributed by atoms with Crippen LogP contribution in [0.15, 0.2) is 42.5 Å². The number of hydrogen-bond donors (Lipinski definition) is 0. The fourth-order valence-electron chi connectivity index (χ4n) is 2.02. The maximum absolute atomic E-state index is 13.8. The first-order valence-corrected chi connectivity index (χ1v) is 6.19. The number of para-hydroxylation sites is 1. The van der Waals surface area contributed by atoms with Crippen LogP contribution in [0.4, 0.5) is 10.1 Å². The normalized spacial score (nSPS) is 10.3. The molecule has 0 amide bonds. The molecule has 0 N–H and O–H groups in total. The molecule has 0 unspecified atom stereocenters. The van der Waals surface area contributed by atoms with Gasteiger partial charge in [0, 0.05) is 24.2 Å². The molecule has 0 heterocycles. The Kier molecular flexibility index (Phi) is 4.17. The van der Waals surface area contributed by atoms with Gasteiger partial charge < -0.3 is 4.90 Å². The van der Waals surface area contributed by atoms with E-state index in [0.29, 0.717) is 29.1 Å². The maximum atomic E-state index is 13.8. The molecule has 0 aliphatic rings. The number of anilines is 1. The molecule has 4 heteroatoms. The van der Waals surface area contributed by atoms with E-state index in [1.165, 1.54) is 12.1 Å². The van der Waals surface area contributed by atoms with Crippen LogP contribution in [0.2, 0.25) is 5.02 Å². The molecule has 19 heavy (non-hydrogen) atoms. The third-order valence-corrected chi connectivity index (χ3v) is 3.07. The molecule has 0 saturated heterocycles. The van der Waals surface area contributed by atoms with Crippen LogP contribution >= 0.6 is 11.6 Å². The molecular weight excluding hydrogens is 265 g/mol. The molecule has 0 saturated carbocycles. The maximum Gasteiger partial charge on any atom is 0.152 e. The number of carbonyl (C=O) groups is 1. The van der Waals surface area contributed by atoms with Crippen molar-refractivity contribution in [1.29, 1.82) is 0 Å². The first kappa shape index (κ1) is 13.6. The standard InChI is InChI=1S/C15H13ClFNO/c1-18(9-11-4-2-6-13(16)8-11)15-12(10-19)5-3-7-14(15)17/h2-8,10H,9H2,1H3. The lowest BCUT2D eigenvalue weighted by molar-refractivity contribution is 0.112.